The van der Waals surface area contributed by atoms with E-state index < -0.39 is 0 Å². The van der Waals surface area contributed by atoms with Crippen LogP contribution in [0.3, 0.4) is 0 Å². The van der Waals surface area contributed by atoms with Crippen molar-refractivity contribution in [1.82, 2.24) is 5.32 Å². The number of methoxy groups -OCH3 is 1. The van der Waals surface area contributed by atoms with Crippen LogP contribution in [0.15, 0.2) is 24.3 Å². The molecule has 0 aliphatic rings. The summed E-state index contributed by atoms with van der Waals surface area (Å²) in [7, 11) is 1.66. The first-order valence-electron chi connectivity index (χ1n) is 6.99. The van der Waals surface area contributed by atoms with Crippen molar-refractivity contribution in [1.29, 1.82) is 0 Å². The number of carbonyl (C=O) groups excluding carboxylic acids is 1. The summed E-state index contributed by atoms with van der Waals surface area (Å²) >= 11 is 0. The van der Waals surface area contributed by atoms with E-state index in [2.05, 4.69) is 5.32 Å². The van der Waals surface area contributed by atoms with Crippen LogP contribution in [-0.4, -0.2) is 38.8 Å². The molecule has 0 aromatic heterocycles. The van der Waals surface area contributed by atoms with Crippen molar-refractivity contribution in [3.8, 4) is 0 Å². The van der Waals surface area contributed by atoms with Gasteiger partial charge >= 0.3 is 0 Å². The number of hydrogen-bond donors (Lipinski definition) is 2. The monoisotopic (exact) mass is 279 g/mol. The molecule has 0 saturated carbocycles. The zero-order valence-corrected chi connectivity index (χ0v) is 12.6. The molecule has 1 amide bonds. The molecular formula is C15H25N3O2. The lowest BCUT2D eigenvalue weighted by molar-refractivity contribution is -0.122. The predicted molar refractivity (Wildman–Crippen MR) is 82.8 cm³/mol. The van der Waals surface area contributed by atoms with Crippen molar-refractivity contribution in [2.45, 2.75) is 26.3 Å². The largest absolute Gasteiger partial charge is 0.399 e. The molecule has 1 aromatic carbocycles. The molecule has 0 aliphatic heterocycles. The Hall–Kier alpha value is -1.75. The average Bonchev–Trinajstić information content (AvgIpc) is 2.44. The van der Waals surface area contributed by atoms with Crippen LogP contribution >= 0.6 is 0 Å². The van der Waals surface area contributed by atoms with Gasteiger partial charge in [-0.15, -0.1) is 0 Å². The van der Waals surface area contributed by atoms with E-state index in [9.17, 15) is 4.79 Å². The Labute approximate surface area is 121 Å². The standard InChI is InChI=1S/C15H25N3O2/c1-4-18(14-8-5-7-13(16)11-14)12(2)15(19)17-9-6-10-20-3/h5,7-8,11-12H,4,6,9-10,16H2,1-3H3,(H,17,19). The van der Waals surface area contributed by atoms with Gasteiger partial charge in [0, 0.05) is 38.2 Å². The van der Waals surface area contributed by atoms with Crippen LogP contribution in [0.2, 0.25) is 0 Å². The second-order valence-corrected chi connectivity index (χ2v) is 4.69. The molecule has 0 fully saturated rings. The van der Waals surface area contributed by atoms with Gasteiger partial charge in [-0.1, -0.05) is 6.07 Å². The van der Waals surface area contributed by atoms with Crippen LogP contribution in [0, 0.1) is 0 Å². The molecule has 1 aromatic rings. The summed E-state index contributed by atoms with van der Waals surface area (Å²) in [6.45, 7) is 5.96. The van der Waals surface area contributed by atoms with Gasteiger partial charge in [0.1, 0.15) is 6.04 Å². The van der Waals surface area contributed by atoms with E-state index in [0.29, 0.717) is 18.8 Å². The molecule has 5 nitrogen and oxygen atoms in total. The maximum Gasteiger partial charge on any atom is 0.242 e. The third-order valence-electron chi connectivity index (χ3n) is 3.21. The number of nitrogens with two attached hydrogens (primary N) is 1. The molecule has 0 bridgehead atoms. The van der Waals surface area contributed by atoms with Gasteiger partial charge < -0.3 is 20.7 Å². The molecule has 1 atom stereocenters. The van der Waals surface area contributed by atoms with Crippen LogP contribution in [0.25, 0.3) is 0 Å². The average molecular weight is 279 g/mol. The molecule has 0 spiro atoms. The molecule has 3 N–H and O–H groups in total. The minimum Gasteiger partial charge on any atom is -0.399 e. The number of amides is 1. The summed E-state index contributed by atoms with van der Waals surface area (Å²) in [5, 5.41) is 2.92. The first-order valence-corrected chi connectivity index (χ1v) is 6.99. The Morgan fingerprint density at radius 3 is 2.85 bits per heavy atom. The predicted octanol–water partition coefficient (Wildman–Crippen LogP) is 1.64. The molecule has 1 unspecified atom stereocenters. The van der Waals surface area contributed by atoms with Crippen molar-refractivity contribution in [3.05, 3.63) is 24.3 Å². The maximum atomic E-state index is 12.1. The fraction of sp³-hybridized carbons (Fsp3) is 0.533. The van der Waals surface area contributed by atoms with Crippen LogP contribution in [0.5, 0.6) is 0 Å². The second-order valence-electron chi connectivity index (χ2n) is 4.69. The number of carbonyl (C=O) groups is 1. The zero-order valence-electron chi connectivity index (χ0n) is 12.6. The topological polar surface area (TPSA) is 67.6 Å². The summed E-state index contributed by atoms with van der Waals surface area (Å²) in [4.78, 5) is 14.2. The number of likely N-dealkylation sites (N-methyl/N-ethyl adjacent to an activating group) is 1. The summed E-state index contributed by atoms with van der Waals surface area (Å²) in [5.74, 6) is 0.0189. The number of anilines is 2. The van der Waals surface area contributed by atoms with E-state index in [4.69, 9.17) is 10.5 Å². The smallest absolute Gasteiger partial charge is 0.242 e. The Morgan fingerprint density at radius 1 is 1.50 bits per heavy atom. The normalized spacial score (nSPS) is 11.9. The van der Waals surface area contributed by atoms with Crippen molar-refractivity contribution < 1.29 is 9.53 Å². The van der Waals surface area contributed by atoms with Crippen molar-refractivity contribution in [2.75, 3.05) is 37.4 Å². The Balaban J connectivity index is 2.62. The molecule has 0 heterocycles. The van der Waals surface area contributed by atoms with Gasteiger partial charge in [-0.25, -0.2) is 0 Å². The zero-order chi connectivity index (χ0) is 15.0. The highest BCUT2D eigenvalue weighted by Gasteiger charge is 2.20. The number of hydrogen-bond acceptors (Lipinski definition) is 4. The van der Waals surface area contributed by atoms with E-state index in [1.54, 1.807) is 7.11 Å². The SMILES string of the molecule is CCN(c1cccc(N)c1)C(C)C(=O)NCCCOC. The molecule has 5 heteroatoms. The number of rotatable bonds is 8. The van der Waals surface area contributed by atoms with E-state index >= 15 is 0 Å². The molecule has 0 saturated heterocycles. The van der Waals surface area contributed by atoms with Crippen LogP contribution in [0.4, 0.5) is 11.4 Å². The van der Waals surface area contributed by atoms with Gasteiger partial charge in [0.25, 0.3) is 0 Å². The van der Waals surface area contributed by atoms with Gasteiger partial charge in [-0.2, -0.15) is 0 Å². The molecule has 0 radical (unpaired) electrons. The quantitative estimate of drug-likeness (QED) is 0.561. The van der Waals surface area contributed by atoms with Crippen molar-refractivity contribution in [2.24, 2.45) is 0 Å². The van der Waals surface area contributed by atoms with Gasteiger partial charge in [0.2, 0.25) is 5.91 Å². The van der Waals surface area contributed by atoms with E-state index in [1.807, 2.05) is 43.0 Å². The van der Waals surface area contributed by atoms with E-state index in [0.717, 1.165) is 18.7 Å². The lowest BCUT2D eigenvalue weighted by atomic mass is 10.2. The summed E-state index contributed by atoms with van der Waals surface area (Å²) in [6.07, 6.45) is 0.819. The van der Waals surface area contributed by atoms with E-state index in [-0.39, 0.29) is 11.9 Å². The van der Waals surface area contributed by atoms with Crippen LogP contribution in [-0.2, 0) is 9.53 Å². The molecule has 0 aliphatic carbocycles. The summed E-state index contributed by atoms with van der Waals surface area (Å²) in [6, 6.07) is 7.36. The Morgan fingerprint density at radius 2 is 2.25 bits per heavy atom. The fourth-order valence-electron chi connectivity index (χ4n) is 2.10. The Bertz CT molecular complexity index is 423. The van der Waals surface area contributed by atoms with Gasteiger partial charge in [0.05, 0.1) is 0 Å². The molecule has 112 valence electrons. The van der Waals surface area contributed by atoms with Gasteiger partial charge in [-0.05, 0) is 38.5 Å². The Kier molecular flexibility index (Phi) is 6.87. The van der Waals surface area contributed by atoms with Crippen LogP contribution < -0.4 is 16.0 Å². The number of nitrogens with one attached hydrogen (secondary N) is 1. The minimum atomic E-state index is -0.232. The molecular weight excluding hydrogens is 254 g/mol. The van der Waals surface area contributed by atoms with Crippen molar-refractivity contribution >= 4 is 17.3 Å². The lowest BCUT2D eigenvalue weighted by Gasteiger charge is -2.29. The van der Waals surface area contributed by atoms with Gasteiger partial charge in [-0.3, -0.25) is 4.79 Å². The van der Waals surface area contributed by atoms with Crippen LogP contribution in [0.1, 0.15) is 20.3 Å². The highest BCUT2D eigenvalue weighted by atomic mass is 16.5. The molecule has 1 rings (SSSR count). The first kappa shape index (κ1) is 16.3. The summed E-state index contributed by atoms with van der Waals surface area (Å²) < 4.78 is 4.96. The highest BCUT2D eigenvalue weighted by Crippen LogP contribution is 2.19. The van der Waals surface area contributed by atoms with E-state index in [1.165, 1.54) is 0 Å². The third-order valence-corrected chi connectivity index (χ3v) is 3.21. The minimum absolute atomic E-state index is 0.0189. The second kappa shape index (κ2) is 8.43. The number of benzene rings is 1. The fourth-order valence-corrected chi connectivity index (χ4v) is 2.10. The number of ether oxygens (including phenoxy) is 1. The summed E-state index contributed by atoms with van der Waals surface area (Å²) in [5.41, 5.74) is 7.47. The molecule has 20 heavy (non-hydrogen) atoms. The maximum absolute atomic E-state index is 12.1. The number of nitrogens with zero attached hydrogens (tertiary/aromatic N) is 1. The first-order chi connectivity index (χ1) is 9.60. The lowest BCUT2D eigenvalue weighted by Crippen LogP contribution is -2.45. The van der Waals surface area contributed by atoms with Gasteiger partial charge in [0.15, 0.2) is 0 Å². The third kappa shape index (κ3) is 4.74. The van der Waals surface area contributed by atoms with Crippen molar-refractivity contribution in [3.63, 3.8) is 0 Å². The number of nitrogen functional groups attached to an aromatic ring is 1. The highest BCUT2D eigenvalue weighted by molar-refractivity contribution is 5.85.